The molecule has 8 heteroatoms. The van der Waals surface area contributed by atoms with Crippen LogP contribution in [0.4, 0.5) is 0 Å². The zero-order valence-electron chi connectivity index (χ0n) is 17.5. The van der Waals surface area contributed by atoms with Crippen molar-refractivity contribution in [1.82, 2.24) is 0 Å². The summed E-state index contributed by atoms with van der Waals surface area (Å²) in [7, 11) is 0. The third-order valence-electron chi connectivity index (χ3n) is 7.20. The molecule has 4 bridgehead atoms. The van der Waals surface area contributed by atoms with Gasteiger partial charge in [0.15, 0.2) is 12.2 Å². The minimum absolute atomic E-state index is 0.131. The number of esters is 3. The highest BCUT2D eigenvalue weighted by Crippen LogP contribution is 2.59. The molecule has 8 atom stereocenters. The first-order chi connectivity index (χ1) is 14.2. The van der Waals surface area contributed by atoms with E-state index < -0.39 is 47.7 Å². The molecule has 3 fully saturated rings. The third kappa shape index (κ3) is 2.95. The molecule has 30 heavy (non-hydrogen) atoms. The van der Waals surface area contributed by atoms with E-state index in [-0.39, 0.29) is 29.9 Å². The zero-order chi connectivity index (χ0) is 21.8. The van der Waals surface area contributed by atoms with Crippen LogP contribution in [0.15, 0.2) is 24.0 Å². The standard InChI is InChI=1S/C22H28O8/c1-5-10(2)20(25)30-19-15-11(3)21(26)29-18(15)16-13-6-7-22(16,9-23)27-8-14(13)17(19)28-12(4)24/h8,10,13,15-19,23H,3,5-7,9H2,1-2,4H3. The fourth-order valence-electron chi connectivity index (χ4n) is 5.46. The van der Waals surface area contributed by atoms with Crippen molar-refractivity contribution >= 4 is 17.9 Å². The predicted molar refractivity (Wildman–Crippen MR) is 103 cm³/mol. The predicted octanol–water partition coefficient (Wildman–Crippen LogP) is 1.66. The Morgan fingerprint density at radius 1 is 1.40 bits per heavy atom. The summed E-state index contributed by atoms with van der Waals surface area (Å²) in [5.41, 5.74) is -0.0185. The molecule has 0 aromatic rings. The van der Waals surface area contributed by atoms with Gasteiger partial charge in [0.1, 0.15) is 11.7 Å². The van der Waals surface area contributed by atoms with Crippen LogP contribution < -0.4 is 0 Å². The normalized spacial score (nSPS) is 39.8. The van der Waals surface area contributed by atoms with Crippen LogP contribution in [0.5, 0.6) is 0 Å². The summed E-state index contributed by atoms with van der Waals surface area (Å²) in [5, 5.41) is 10.2. The lowest BCUT2D eigenvalue weighted by Crippen LogP contribution is -2.50. The molecule has 2 saturated carbocycles. The largest absolute Gasteiger partial charge is 0.492 e. The average molecular weight is 420 g/mol. The Morgan fingerprint density at radius 3 is 2.77 bits per heavy atom. The fraction of sp³-hybridized carbons (Fsp3) is 0.682. The summed E-state index contributed by atoms with van der Waals surface area (Å²) in [6.07, 6.45) is 0.800. The van der Waals surface area contributed by atoms with E-state index in [1.807, 2.05) is 6.92 Å². The van der Waals surface area contributed by atoms with Gasteiger partial charge in [-0.1, -0.05) is 20.4 Å². The minimum Gasteiger partial charge on any atom is -0.492 e. The van der Waals surface area contributed by atoms with Gasteiger partial charge in [0, 0.05) is 24.0 Å². The maximum atomic E-state index is 12.7. The van der Waals surface area contributed by atoms with E-state index in [9.17, 15) is 19.5 Å². The number of aliphatic hydroxyl groups is 1. The first kappa shape index (κ1) is 20.9. The first-order valence-electron chi connectivity index (χ1n) is 10.5. The van der Waals surface area contributed by atoms with Crippen molar-refractivity contribution in [3.05, 3.63) is 24.0 Å². The fourth-order valence-corrected chi connectivity index (χ4v) is 5.46. The van der Waals surface area contributed by atoms with E-state index in [0.29, 0.717) is 24.8 Å². The van der Waals surface area contributed by atoms with Crippen molar-refractivity contribution in [2.75, 3.05) is 6.61 Å². The van der Waals surface area contributed by atoms with E-state index >= 15 is 0 Å². The number of aliphatic hydroxyl groups excluding tert-OH is 1. The van der Waals surface area contributed by atoms with Crippen LogP contribution in [0.1, 0.15) is 40.0 Å². The second-order valence-corrected chi connectivity index (χ2v) is 8.79. The molecule has 0 amide bonds. The molecule has 164 valence electrons. The number of rotatable bonds is 5. The lowest BCUT2D eigenvalue weighted by Gasteiger charge is -2.41. The van der Waals surface area contributed by atoms with Crippen LogP contribution in [0.3, 0.4) is 0 Å². The van der Waals surface area contributed by atoms with Gasteiger partial charge in [0.25, 0.3) is 0 Å². The van der Waals surface area contributed by atoms with Gasteiger partial charge in [-0.3, -0.25) is 9.59 Å². The van der Waals surface area contributed by atoms with E-state index in [1.165, 1.54) is 13.2 Å². The van der Waals surface area contributed by atoms with Crippen molar-refractivity contribution < 1.29 is 38.4 Å². The molecule has 0 radical (unpaired) electrons. The van der Waals surface area contributed by atoms with Crippen LogP contribution in [0.2, 0.25) is 0 Å². The quantitative estimate of drug-likeness (QED) is 0.406. The monoisotopic (exact) mass is 420 g/mol. The number of carbonyl (C=O) groups is 3. The van der Waals surface area contributed by atoms with Crippen molar-refractivity contribution in [3.63, 3.8) is 0 Å². The SMILES string of the molecule is C=C1C(=O)OC2C1C(OC(=O)C(C)CC)C(OC(C)=O)C1=COC3(CO)CCC1C23. The molecule has 0 spiro atoms. The van der Waals surface area contributed by atoms with Gasteiger partial charge in [-0.2, -0.15) is 0 Å². The van der Waals surface area contributed by atoms with Crippen molar-refractivity contribution in [3.8, 4) is 0 Å². The Kier molecular flexibility index (Phi) is 5.16. The van der Waals surface area contributed by atoms with Gasteiger partial charge in [0.2, 0.25) is 0 Å². The average Bonchev–Trinajstić information content (AvgIpc) is 3.13. The molecule has 4 rings (SSSR count). The third-order valence-corrected chi connectivity index (χ3v) is 7.20. The Labute approximate surface area is 175 Å². The van der Waals surface area contributed by atoms with Crippen LogP contribution >= 0.6 is 0 Å². The maximum Gasteiger partial charge on any atom is 0.334 e. The second-order valence-electron chi connectivity index (χ2n) is 8.79. The number of ether oxygens (including phenoxy) is 4. The van der Waals surface area contributed by atoms with Crippen LogP contribution in [0, 0.1) is 23.7 Å². The molecule has 4 aliphatic rings. The van der Waals surface area contributed by atoms with Gasteiger partial charge in [-0.05, 0) is 25.2 Å². The number of hydrogen-bond acceptors (Lipinski definition) is 8. The smallest absolute Gasteiger partial charge is 0.334 e. The van der Waals surface area contributed by atoms with Crippen LogP contribution in [0.25, 0.3) is 0 Å². The van der Waals surface area contributed by atoms with Gasteiger partial charge < -0.3 is 24.1 Å². The second kappa shape index (κ2) is 7.41. The lowest BCUT2D eigenvalue weighted by molar-refractivity contribution is -0.172. The summed E-state index contributed by atoms with van der Waals surface area (Å²) in [6.45, 7) is 8.58. The zero-order valence-corrected chi connectivity index (χ0v) is 17.5. The minimum atomic E-state index is -0.964. The summed E-state index contributed by atoms with van der Waals surface area (Å²) in [5.74, 6) is -3.07. The van der Waals surface area contributed by atoms with E-state index in [0.717, 1.165) is 0 Å². The maximum absolute atomic E-state index is 12.7. The molecular formula is C22H28O8. The number of carbonyl (C=O) groups excluding carboxylic acids is 3. The Hall–Kier alpha value is -2.35. The Balaban J connectivity index is 1.84. The topological polar surface area (TPSA) is 108 Å². The molecule has 8 unspecified atom stereocenters. The number of fused-ring (bicyclic) bond motifs is 1. The molecular weight excluding hydrogens is 392 g/mol. The van der Waals surface area contributed by atoms with Crippen LogP contribution in [-0.4, -0.2) is 53.5 Å². The van der Waals surface area contributed by atoms with Gasteiger partial charge in [-0.15, -0.1) is 0 Å². The van der Waals surface area contributed by atoms with Crippen LogP contribution in [-0.2, 0) is 33.3 Å². The summed E-state index contributed by atoms with van der Waals surface area (Å²) >= 11 is 0. The Bertz CT molecular complexity index is 816. The van der Waals surface area contributed by atoms with Crippen molar-refractivity contribution in [2.24, 2.45) is 23.7 Å². The number of hydrogen-bond donors (Lipinski definition) is 1. The van der Waals surface area contributed by atoms with Gasteiger partial charge in [0.05, 0.1) is 24.7 Å². The van der Waals surface area contributed by atoms with E-state index in [4.69, 9.17) is 18.9 Å². The summed E-state index contributed by atoms with van der Waals surface area (Å²) in [6, 6.07) is 0. The van der Waals surface area contributed by atoms with Gasteiger partial charge in [-0.25, -0.2) is 4.79 Å². The molecule has 0 aromatic carbocycles. The molecule has 1 saturated heterocycles. The van der Waals surface area contributed by atoms with Crippen molar-refractivity contribution in [2.45, 2.75) is 63.9 Å². The summed E-state index contributed by atoms with van der Waals surface area (Å²) < 4.78 is 23.3. The molecule has 2 aliphatic heterocycles. The summed E-state index contributed by atoms with van der Waals surface area (Å²) in [4.78, 5) is 37.2. The molecule has 0 aromatic heterocycles. The molecule has 8 nitrogen and oxygen atoms in total. The molecule has 1 N–H and O–H groups in total. The van der Waals surface area contributed by atoms with Gasteiger partial charge >= 0.3 is 17.9 Å². The lowest BCUT2D eigenvalue weighted by atomic mass is 9.75. The highest BCUT2D eigenvalue weighted by molar-refractivity contribution is 5.91. The Morgan fingerprint density at radius 2 is 2.13 bits per heavy atom. The van der Waals surface area contributed by atoms with E-state index in [1.54, 1.807) is 6.92 Å². The highest BCUT2D eigenvalue weighted by Gasteiger charge is 2.67. The highest BCUT2D eigenvalue weighted by atomic mass is 16.6. The molecule has 2 heterocycles. The molecule has 2 aliphatic carbocycles. The van der Waals surface area contributed by atoms with E-state index in [2.05, 4.69) is 6.58 Å². The first-order valence-corrected chi connectivity index (χ1v) is 10.5. The van der Waals surface area contributed by atoms with Crippen molar-refractivity contribution in [1.29, 1.82) is 0 Å².